The second-order valence-corrected chi connectivity index (χ2v) is 7.58. The van der Waals surface area contributed by atoms with Gasteiger partial charge in [0.2, 0.25) is 0 Å². The second-order valence-electron chi connectivity index (χ2n) is 6.42. The minimum Gasteiger partial charge on any atom is -0.460 e. The summed E-state index contributed by atoms with van der Waals surface area (Å²) in [5, 5.41) is 3.29. The number of nitrogens with one attached hydrogen (secondary N) is 1. The van der Waals surface area contributed by atoms with Crippen molar-refractivity contribution in [2.45, 2.75) is 32.1 Å². The fourth-order valence-electron chi connectivity index (χ4n) is 3.57. The van der Waals surface area contributed by atoms with Crippen molar-refractivity contribution in [2.24, 2.45) is 0 Å². The molecule has 0 spiro atoms. The van der Waals surface area contributed by atoms with Crippen molar-refractivity contribution < 1.29 is 19.1 Å². The van der Waals surface area contributed by atoms with Crippen LogP contribution in [0.2, 0.25) is 0 Å². The zero-order chi connectivity index (χ0) is 18.7. The molecule has 0 bridgehead atoms. The Hall–Kier alpha value is -1.67. The molecular formula is C20H22INO4. The highest BCUT2D eigenvalue weighted by atomic mass is 127. The first kappa shape index (κ1) is 19.1. The average molecular weight is 467 g/mol. The number of allylic oxidation sites excluding steroid dienone is 3. The maximum Gasteiger partial charge on any atom is 0.336 e. The van der Waals surface area contributed by atoms with E-state index < -0.39 is 5.97 Å². The van der Waals surface area contributed by atoms with Gasteiger partial charge in [-0.15, -0.1) is 0 Å². The fourth-order valence-corrected chi connectivity index (χ4v) is 4.27. The van der Waals surface area contributed by atoms with Crippen molar-refractivity contribution in [3.8, 4) is 0 Å². The van der Waals surface area contributed by atoms with Gasteiger partial charge in [0.15, 0.2) is 5.78 Å². The van der Waals surface area contributed by atoms with E-state index in [1.165, 1.54) is 0 Å². The lowest BCUT2D eigenvalue weighted by atomic mass is 9.75. The Bertz CT molecular complexity index is 797. The van der Waals surface area contributed by atoms with Gasteiger partial charge in [0.05, 0.1) is 12.2 Å². The molecule has 1 aliphatic heterocycles. The molecule has 0 aromatic heterocycles. The predicted octanol–water partition coefficient (Wildman–Crippen LogP) is 3.45. The van der Waals surface area contributed by atoms with Crippen LogP contribution in [-0.2, 0) is 19.1 Å². The zero-order valence-electron chi connectivity index (χ0n) is 14.9. The molecule has 0 saturated carbocycles. The standard InChI is InChI=1S/C20H22INO4/c1-12-17(20(24)26-11-10-25-2)18(13-6-3-4-7-14(13)21)19-15(22-12)8-5-9-16(19)23/h3-4,6-7,18,22H,5,8-11H2,1-2H3/t18-/m0/s1. The number of ketones is 1. The highest BCUT2D eigenvalue weighted by molar-refractivity contribution is 14.1. The minimum atomic E-state index is -0.401. The molecular weight excluding hydrogens is 445 g/mol. The van der Waals surface area contributed by atoms with Crippen LogP contribution in [-0.4, -0.2) is 32.1 Å². The molecule has 0 fully saturated rings. The van der Waals surface area contributed by atoms with Crippen LogP contribution in [0.25, 0.3) is 0 Å². The molecule has 1 N–H and O–H groups in total. The van der Waals surface area contributed by atoms with Crippen LogP contribution in [0.5, 0.6) is 0 Å². The Kier molecular flexibility index (Phi) is 6.13. The van der Waals surface area contributed by atoms with Crippen molar-refractivity contribution in [3.63, 3.8) is 0 Å². The van der Waals surface area contributed by atoms with E-state index in [1.807, 2.05) is 31.2 Å². The van der Waals surface area contributed by atoms with Gasteiger partial charge in [-0.3, -0.25) is 4.79 Å². The number of hydrogen-bond acceptors (Lipinski definition) is 5. The molecule has 26 heavy (non-hydrogen) atoms. The quantitative estimate of drug-likeness (QED) is 0.409. The molecule has 2 aliphatic rings. The molecule has 0 radical (unpaired) electrons. The van der Waals surface area contributed by atoms with Crippen LogP contribution in [0, 0.1) is 3.57 Å². The third-order valence-corrected chi connectivity index (χ3v) is 5.72. The molecule has 1 aromatic carbocycles. The third-order valence-electron chi connectivity index (χ3n) is 4.73. The Morgan fingerprint density at radius 2 is 2.04 bits per heavy atom. The van der Waals surface area contributed by atoms with Crippen molar-refractivity contribution in [2.75, 3.05) is 20.3 Å². The number of methoxy groups -OCH3 is 1. The largest absolute Gasteiger partial charge is 0.460 e. The number of carbonyl (C=O) groups excluding carboxylic acids is 2. The summed E-state index contributed by atoms with van der Waals surface area (Å²) in [7, 11) is 1.56. The third kappa shape index (κ3) is 3.71. The Morgan fingerprint density at radius 1 is 1.27 bits per heavy atom. The summed E-state index contributed by atoms with van der Waals surface area (Å²) in [6.45, 7) is 2.40. The van der Waals surface area contributed by atoms with E-state index in [-0.39, 0.29) is 18.3 Å². The van der Waals surface area contributed by atoms with Crippen LogP contribution in [0.4, 0.5) is 0 Å². The van der Waals surface area contributed by atoms with Crippen molar-refractivity contribution in [1.82, 2.24) is 5.32 Å². The molecule has 0 unspecified atom stereocenters. The van der Waals surface area contributed by atoms with E-state index in [1.54, 1.807) is 7.11 Å². The number of halogens is 1. The highest BCUT2D eigenvalue weighted by Crippen LogP contribution is 2.43. The molecule has 6 heteroatoms. The van der Waals surface area contributed by atoms with Gasteiger partial charge >= 0.3 is 5.97 Å². The predicted molar refractivity (Wildman–Crippen MR) is 106 cm³/mol. The number of ether oxygens (including phenoxy) is 2. The lowest BCUT2D eigenvalue weighted by molar-refractivity contribution is -0.140. The van der Waals surface area contributed by atoms with Crippen LogP contribution in [0.3, 0.4) is 0 Å². The summed E-state index contributed by atoms with van der Waals surface area (Å²) in [5.74, 6) is -0.679. The number of rotatable bonds is 5. The van der Waals surface area contributed by atoms with Gasteiger partial charge in [-0.25, -0.2) is 4.79 Å². The molecule has 0 saturated heterocycles. The number of carbonyl (C=O) groups is 2. The van der Waals surface area contributed by atoms with E-state index in [9.17, 15) is 9.59 Å². The van der Waals surface area contributed by atoms with E-state index in [0.717, 1.165) is 33.4 Å². The van der Waals surface area contributed by atoms with E-state index in [2.05, 4.69) is 27.9 Å². The maximum absolute atomic E-state index is 12.8. The zero-order valence-corrected chi connectivity index (χ0v) is 17.1. The molecule has 1 aliphatic carbocycles. The summed E-state index contributed by atoms with van der Waals surface area (Å²) in [5.41, 5.74) is 3.89. The Labute approximate surface area is 167 Å². The van der Waals surface area contributed by atoms with Crippen LogP contribution < -0.4 is 5.32 Å². The van der Waals surface area contributed by atoms with Crippen molar-refractivity contribution in [3.05, 3.63) is 55.9 Å². The average Bonchev–Trinajstić information content (AvgIpc) is 2.61. The smallest absolute Gasteiger partial charge is 0.336 e. The minimum absolute atomic E-state index is 0.109. The van der Waals surface area contributed by atoms with E-state index >= 15 is 0 Å². The number of hydrogen-bond donors (Lipinski definition) is 1. The van der Waals surface area contributed by atoms with Gasteiger partial charge in [-0.05, 0) is 54.0 Å². The van der Waals surface area contributed by atoms with E-state index in [0.29, 0.717) is 24.2 Å². The maximum atomic E-state index is 12.8. The van der Waals surface area contributed by atoms with Crippen molar-refractivity contribution >= 4 is 34.3 Å². The first-order valence-corrected chi connectivity index (χ1v) is 9.77. The Balaban J connectivity index is 2.07. The summed E-state index contributed by atoms with van der Waals surface area (Å²) in [6.07, 6.45) is 2.18. The number of benzene rings is 1. The molecule has 1 aromatic rings. The molecule has 0 amide bonds. The first-order valence-electron chi connectivity index (χ1n) is 8.69. The van der Waals surface area contributed by atoms with Gasteiger partial charge in [-0.1, -0.05) is 18.2 Å². The fraction of sp³-hybridized carbons (Fsp3) is 0.400. The summed E-state index contributed by atoms with van der Waals surface area (Å²) in [4.78, 5) is 25.6. The first-order chi connectivity index (χ1) is 12.5. The second kappa shape index (κ2) is 8.35. The van der Waals surface area contributed by atoms with Gasteiger partial charge in [0, 0.05) is 40.0 Å². The molecule has 1 atom stereocenters. The number of esters is 1. The van der Waals surface area contributed by atoms with Gasteiger partial charge < -0.3 is 14.8 Å². The summed E-state index contributed by atoms with van der Waals surface area (Å²) >= 11 is 2.26. The Morgan fingerprint density at radius 3 is 2.77 bits per heavy atom. The molecule has 138 valence electrons. The van der Waals surface area contributed by atoms with Gasteiger partial charge in [-0.2, -0.15) is 0 Å². The number of dihydropyridines is 1. The summed E-state index contributed by atoms with van der Waals surface area (Å²) < 4.78 is 11.4. The van der Waals surface area contributed by atoms with Gasteiger partial charge in [0.25, 0.3) is 0 Å². The topological polar surface area (TPSA) is 64.6 Å². The van der Waals surface area contributed by atoms with Crippen molar-refractivity contribution in [1.29, 1.82) is 0 Å². The van der Waals surface area contributed by atoms with Crippen LogP contribution in [0.15, 0.2) is 46.8 Å². The number of Topliss-reactive ketones (excluding diaryl/α,β-unsaturated/α-hetero) is 1. The lowest BCUT2D eigenvalue weighted by Crippen LogP contribution is -2.35. The monoisotopic (exact) mass is 467 g/mol. The summed E-state index contributed by atoms with van der Waals surface area (Å²) in [6, 6.07) is 7.88. The molecule has 3 rings (SSSR count). The normalized spacial score (nSPS) is 20.0. The van der Waals surface area contributed by atoms with Crippen LogP contribution in [0.1, 0.15) is 37.7 Å². The molecule has 5 nitrogen and oxygen atoms in total. The lowest BCUT2D eigenvalue weighted by Gasteiger charge is -2.34. The SMILES string of the molecule is COCCOC(=O)C1=C(C)NC2=C(C(=O)CCC2)[C@H]1c1ccccc1I. The van der Waals surface area contributed by atoms with E-state index in [4.69, 9.17) is 9.47 Å². The van der Waals surface area contributed by atoms with Gasteiger partial charge in [0.1, 0.15) is 6.61 Å². The molecule has 1 heterocycles. The highest BCUT2D eigenvalue weighted by Gasteiger charge is 2.39. The van der Waals surface area contributed by atoms with Crippen LogP contribution >= 0.6 is 22.6 Å².